The van der Waals surface area contributed by atoms with Gasteiger partial charge in [-0.3, -0.25) is 10.1 Å². The summed E-state index contributed by atoms with van der Waals surface area (Å²) >= 11 is 3.40. The summed E-state index contributed by atoms with van der Waals surface area (Å²) in [4.78, 5) is 10.2. The van der Waals surface area contributed by atoms with Crippen molar-refractivity contribution in [3.63, 3.8) is 0 Å². The Labute approximate surface area is 120 Å². The van der Waals surface area contributed by atoms with Crippen LogP contribution in [0.4, 0.5) is 5.69 Å². The van der Waals surface area contributed by atoms with Crippen molar-refractivity contribution < 1.29 is 9.49 Å². The molecule has 0 aliphatic heterocycles. The molecule has 5 heteroatoms. The van der Waals surface area contributed by atoms with E-state index in [0.717, 1.165) is 23.9 Å². The summed E-state index contributed by atoms with van der Waals surface area (Å²) < 4.78 is 2.11. The van der Waals surface area contributed by atoms with Crippen molar-refractivity contribution >= 4 is 21.6 Å². The lowest BCUT2D eigenvalue weighted by molar-refractivity contribution is -0.692. The van der Waals surface area contributed by atoms with Crippen molar-refractivity contribution in [2.24, 2.45) is 0 Å². The van der Waals surface area contributed by atoms with Crippen LogP contribution in [-0.4, -0.2) is 10.3 Å². The zero-order valence-corrected chi connectivity index (χ0v) is 11.9. The molecule has 0 saturated heterocycles. The van der Waals surface area contributed by atoms with Gasteiger partial charge in [-0.25, -0.2) is 4.57 Å². The van der Waals surface area contributed by atoms with Gasteiger partial charge in [-0.15, -0.1) is 0 Å². The number of nitrogens with zero attached hydrogens (tertiary/aromatic N) is 2. The number of nitro groups is 1. The molecule has 0 bridgehead atoms. The number of nitro benzene ring substituents is 1. The molecule has 98 valence electrons. The van der Waals surface area contributed by atoms with Crippen molar-refractivity contribution in [1.82, 2.24) is 0 Å². The number of benzene rings is 1. The zero-order chi connectivity index (χ0) is 13.7. The van der Waals surface area contributed by atoms with E-state index in [1.165, 1.54) is 5.56 Å². The average Bonchev–Trinajstić information content (AvgIpc) is 2.42. The normalized spacial score (nSPS) is 10.4. The molecule has 0 saturated carbocycles. The van der Waals surface area contributed by atoms with Crippen LogP contribution in [0.2, 0.25) is 0 Å². The third-order valence-electron chi connectivity index (χ3n) is 2.86. The molecule has 0 aliphatic carbocycles. The molecular weight excluding hydrogens is 308 g/mol. The minimum atomic E-state index is -0.379. The fourth-order valence-electron chi connectivity index (χ4n) is 1.82. The van der Waals surface area contributed by atoms with E-state index in [9.17, 15) is 10.1 Å². The molecule has 2 rings (SSSR count). The van der Waals surface area contributed by atoms with Crippen LogP contribution < -0.4 is 4.57 Å². The van der Waals surface area contributed by atoms with Crippen LogP contribution in [0.3, 0.4) is 0 Å². The second kappa shape index (κ2) is 6.43. The number of halogens is 1. The largest absolute Gasteiger partial charge is 0.269 e. The van der Waals surface area contributed by atoms with Gasteiger partial charge >= 0.3 is 0 Å². The number of aromatic nitrogens is 1. The predicted molar refractivity (Wildman–Crippen MR) is 76.3 cm³/mol. The summed E-state index contributed by atoms with van der Waals surface area (Å²) in [6.07, 6.45) is 4.87. The Morgan fingerprint density at radius 1 is 1.05 bits per heavy atom. The molecule has 0 amide bonds. The molecule has 0 radical (unpaired) electrons. The lowest BCUT2D eigenvalue weighted by atomic mass is 10.1. The third kappa shape index (κ3) is 3.86. The van der Waals surface area contributed by atoms with Gasteiger partial charge < -0.3 is 0 Å². The van der Waals surface area contributed by atoms with E-state index < -0.39 is 0 Å². The van der Waals surface area contributed by atoms with E-state index in [1.54, 1.807) is 24.3 Å². The van der Waals surface area contributed by atoms with E-state index in [-0.39, 0.29) is 10.6 Å². The topological polar surface area (TPSA) is 47.0 Å². The Balaban J connectivity index is 2.06. The predicted octanol–water partition coefficient (Wildman–Crippen LogP) is 2.87. The molecule has 0 N–H and O–H groups in total. The highest BCUT2D eigenvalue weighted by molar-refractivity contribution is 9.09. The average molecular weight is 322 g/mol. The SMILES string of the molecule is O=[N+]([O-])c1ccc(Cc2cc[n+](CCBr)cc2)cc1. The molecule has 0 aliphatic rings. The Morgan fingerprint density at radius 3 is 2.16 bits per heavy atom. The number of rotatable bonds is 5. The Hall–Kier alpha value is -1.75. The lowest BCUT2D eigenvalue weighted by Gasteiger charge is -2.01. The number of non-ortho nitro benzene ring substituents is 1. The Morgan fingerprint density at radius 2 is 1.63 bits per heavy atom. The molecule has 0 fully saturated rings. The molecular formula is C14H14BrN2O2+. The van der Waals surface area contributed by atoms with Crippen LogP contribution in [0.25, 0.3) is 0 Å². The van der Waals surface area contributed by atoms with E-state index >= 15 is 0 Å². The van der Waals surface area contributed by atoms with Crippen LogP contribution in [0.15, 0.2) is 48.8 Å². The van der Waals surface area contributed by atoms with Crippen molar-refractivity contribution in [3.8, 4) is 0 Å². The standard InChI is InChI=1S/C14H14BrN2O2/c15-7-10-16-8-5-13(6-9-16)11-12-1-3-14(4-2-12)17(18)19/h1-6,8-9H,7,10-11H2/q+1. The molecule has 4 nitrogen and oxygen atoms in total. The van der Waals surface area contributed by atoms with Gasteiger partial charge in [0.2, 0.25) is 0 Å². The number of alkyl halides is 1. The first-order chi connectivity index (χ1) is 9.19. The van der Waals surface area contributed by atoms with Crippen LogP contribution in [-0.2, 0) is 13.0 Å². The first-order valence-electron chi connectivity index (χ1n) is 5.96. The number of hydrogen-bond donors (Lipinski definition) is 0. The van der Waals surface area contributed by atoms with Crippen molar-refractivity contribution in [2.75, 3.05) is 5.33 Å². The van der Waals surface area contributed by atoms with E-state index in [0.29, 0.717) is 0 Å². The van der Waals surface area contributed by atoms with Crippen LogP contribution in [0, 0.1) is 10.1 Å². The lowest BCUT2D eigenvalue weighted by Crippen LogP contribution is -2.33. The summed E-state index contributed by atoms with van der Waals surface area (Å²) in [5, 5.41) is 11.5. The first-order valence-corrected chi connectivity index (χ1v) is 7.08. The zero-order valence-electron chi connectivity index (χ0n) is 10.3. The van der Waals surface area contributed by atoms with Crippen LogP contribution in [0.1, 0.15) is 11.1 Å². The fraction of sp³-hybridized carbons (Fsp3) is 0.214. The maximum absolute atomic E-state index is 10.6. The van der Waals surface area contributed by atoms with E-state index in [2.05, 4.69) is 32.6 Å². The molecule has 0 spiro atoms. The van der Waals surface area contributed by atoms with Crippen molar-refractivity contribution in [2.45, 2.75) is 13.0 Å². The molecule has 0 atom stereocenters. The van der Waals surface area contributed by atoms with Gasteiger partial charge in [0.15, 0.2) is 18.9 Å². The summed E-state index contributed by atoms with van der Waals surface area (Å²) in [5.41, 5.74) is 2.40. The summed E-state index contributed by atoms with van der Waals surface area (Å²) in [7, 11) is 0. The van der Waals surface area contributed by atoms with Gasteiger partial charge in [0.1, 0.15) is 0 Å². The van der Waals surface area contributed by atoms with Gasteiger partial charge in [0.05, 0.1) is 10.3 Å². The van der Waals surface area contributed by atoms with Crippen LogP contribution in [0.5, 0.6) is 0 Å². The van der Waals surface area contributed by atoms with E-state index in [4.69, 9.17) is 0 Å². The third-order valence-corrected chi connectivity index (χ3v) is 3.21. The monoisotopic (exact) mass is 321 g/mol. The molecule has 19 heavy (non-hydrogen) atoms. The second-order valence-corrected chi connectivity index (χ2v) is 5.03. The highest BCUT2D eigenvalue weighted by Crippen LogP contribution is 2.14. The number of aryl methyl sites for hydroxylation is 1. The first kappa shape index (κ1) is 13.7. The minimum absolute atomic E-state index is 0.131. The fourth-order valence-corrected chi connectivity index (χ4v) is 2.23. The Bertz CT molecular complexity index is 553. The van der Waals surface area contributed by atoms with Gasteiger partial charge in [-0.05, 0) is 17.5 Å². The smallest absolute Gasteiger partial charge is 0.258 e. The van der Waals surface area contributed by atoms with E-state index in [1.807, 2.05) is 12.4 Å². The minimum Gasteiger partial charge on any atom is -0.258 e. The highest BCUT2D eigenvalue weighted by atomic mass is 79.9. The molecule has 1 aromatic heterocycles. The highest BCUT2D eigenvalue weighted by Gasteiger charge is 2.05. The van der Waals surface area contributed by atoms with Crippen molar-refractivity contribution in [1.29, 1.82) is 0 Å². The summed E-state index contributed by atoms with van der Waals surface area (Å²) in [5.74, 6) is 0. The van der Waals surface area contributed by atoms with Gasteiger partial charge in [-0.1, -0.05) is 28.1 Å². The molecule has 2 aromatic rings. The maximum atomic E-state index is 10.6. The van der Waals surface area contributed by atoms with Crippen molar-refractivity contribution in [3.05, 3.63) is 70.0 Å². The summed E-state index contributed by atoms with van der Waals surface area (Å²) in [6, 6.07) is 10.8. The summed E-state index contributed by atoms with van der Waals surface area (Å²) in [6.45, 7) is 0.942. The molecule has 1 heterocycles. The number of pyridine rings is 1. The molecule has 1 aromatic carbocycles. The maximum Gasteiger partial charge on any atom is 0.269 e. The quantitative estimate of drug-likeness (QED) is 0.368. The van der Waals surface area contributed by atoms with Gasteiger partial charge in [0, 0.05) is 24.3 Å². The van der Waals surface area contributed by atoms with Gasteiger partial charge in [-0.2, -0.15) is 0 Å². The number of hydrogen-bond acceptors (Lipinski definition) is 2. The van der Waals surface area contributed by atoms with Gasteiger partial charge in [0.25, 0.3) is 5.69 Å². The van der Waals surface area contributed by atoms with Crippen LogP contribution >= 0.6 is 15.9 Å². The Kier molecular flexibility index (Phi) is 4.63. The molecule has 0 unspecified atom stereocenters. The second-order valence-electron chi connectivity index (χ2n) is 4.23.